The molecule has 1 saturated heterocycles. The van der Waals surface area contributed by atoms with Gasteiger partial charge in [0.05, 0.1) is 11.3 Å². The van der Waals surface area contributed by atoms with Gasteiger partial charge in [0, 0.05) is 33.2 Å². The van der Waals surface area contributed by atoms with E-state index in [0.29, 0.717) is 26.1 Å². The molecular formula is C9H16N2O3S. The summed E-state index contributed by atoms with van der Waals surface area (Å²) in [6, 6.07) is 1.94. The molecule has 1 aliphatic heterocycles. The van der Waals surface area contributed by atoms with Crippen LogP contribution in [0.15, 0.2) is 0 Å². The zero-order valence-corrected chi connectivity index (χ0v) is 9.66. The lowest BCUT2D eigenvalue weighted by atomic mass is 10.2. The molecule has 6 heteroatoms. The molecule has 0 aromatic carbocycles. The van der Waals surface area contributed by atoms with Crippen LogP contribution in [-0.4, -0.2) is 44.8 Å². The van der Waals surface area contributed by atoms with Crippen molar-refractivity contribution in [1.29, 1.82) is 5.26 Å². The molecular weight excluding hydrogens is 216 g/mol. The first-order chi connectivity index (χ1) is 7.09. The van der Waals surface area contributed by atoms with Crippen LogP contribution in [-0.2, 0) is 14.8 Å². The van der Waals surface area contributed by atoms with Crippen LogP contribution in [0, 0.1) is 11.3 Å². The molecule has 0 amide bonds. The van der Waals surface area contributed by atoms with Gasteiger partial charge in [0.2, 0.25) is 10.0 Å². The lowest BCUT2D eigenvalue weighted by Gasteiger charge is -2.26. The fraction of sp³-hybridized carbons (Fsp3) is 0.889. The van der Waals surface area contributed by atoms with Crippen molar-refractivity contribution < 1.29 is 13.2 Å². The molecule has 15 heavy (non-hydrogen) atoms. The van der Waals surface area contributed by atoms with E-state index in [0.717, 1.165) is 0 Å². The number of hydrogen-bond acceptors (Lipinski definition) is 4. The predicted molar refractivity (Wildman–Crippen MR) is 55.6 cm³/mol. The maximum Gasteiger partial charge on any atom is 0.216 e. The second kappa shape index (κ2) is 5.45. The number of nitriles is 1. The van der Waals surface area contributed by atoms with E-state index in [9.17, 15) is 8.42 Å². The first-order valence-corrected chi connectivity index (χ1v) is 6.49. The van der Waals surface area contributed by atoms with Gasteiger partial charge in [0.25, 0.3) is 0 Å². The molecule has 5 nitrogen and oxygen atoms in total. The summed E-state index contributed by atoms with van der Waals surface area (Å²) in [7, 11) is -1.70. The van der Waals surface area contributed by atoms with Gasteiger partial charge in [0.15, 0.2) is 0 Å². The maximum atomic E-state index is 12.0. The third-order valence-corrected chi connectivity index (χ3v) is 4.93. The van der Waals surface area contributed by atoms with Gasteiger partial charge in [-0.3, -0.25) is 0 Å². The Hall–Kier alpha value is -0.640. The van der Waals surface area contributed by atoms with Gasteiger partial charge < -0.3 is 4.74 Å². The molecule has 0 aliphatic carbocycles. The van der Waals surface area contributed by atoms with E-state index < -0.39 is 10.0 Å². The van der Waals surface area contributed by atoms with Crippen molar-refractivity contribution in [2.45, 2.75) is 24.5 Å². The first kappa shape index (κ1) is 12.4. The third kappa shape index (κ3) is 3.16. The SMILES string of the molecule is CN(CCC#N)S(=O)(=O)C1CCOCC1. The summed E-state index contributed by atoms with van der Waals surface area (Å²) in [5.41, 5.74) is 0. The van der Waals surface area contributed by atoms with Crippen molar-refractivity contribution in [2.24, 2.45) is 0 Å². The summed E-state index contributed by atoms with van der Waals surface area (Å²) in [5.74, 6) is 0. The van der Waals surface area contributed by atoms with Gasteiger partial charge in [0.1, 0.15) is 0 Å². The molecule has 0 atom stereocenters. The van der Waals surface area contributed by atoms with Gasteiger partial charge in [-0.1, -0.05) is 0 Å². The van der Waals surface area contributed by atoms with Crippen molar-refractivity contribution in [3.63, 3.8) is 0 Å². The van der Waals surface area contributed by atoms with Crippen molar-refractivity contribution in [3.05, 3.63) is 0 Å². The summed E-state index contributed by atoms with van der Waals surface area (Å²) in [6.45, 7) is 1.29. The van der Waals surface area contributed by atoms with E-state index in [4.69, 9.17) is 10.00 Å². The summed E-state index contributed by atoms with van der Waals surface area (Å²) >= 11 is 0. The van der Waals surface area contributed by atoms with Crippen molar-refractivity contribution in [3.8, 4) is 6.07 Å². The van der Waals surface area contributed by atoms with Crippen molar-refractivity contribution in [2.75, 3.05) is 26.8 Å². The van der Waals surface area contributed by atoms with E-state index in [1.165, 1.54) is 11.4 Å². The van der Waals surface area contributed by atoms with E-state index >= 15 is 0 Å². The van der Waals surface area contributed by atoms with Gasteiger partial charge in [-0.15, -0.1) is 0 Å². The van der Waals surface area contributed by atoms with Gasteiger partial charge >= 0.3 is 0 Å². The zero-order valence-electron chi connectivity index (χ0n) is 8.85. The molecule has 1 rings (SSSR count). The highest BCUT2D eigenvalue weighted by Gasteiger charge is 2.30. The average molecular weight is 232 g/mol. The number of rotatable bonds is 4. The molecule has 86 valence electrons. The molecule has 0 unspecified atom stereocenters. The molecule has 1 aliphatic rings. The third-order valence-electron chi connectivity index (χ3n) is 2.56. The standard InChI is InChI=1S/C9H16N2O3S/c1-11(6-2-5-10)15(12,13)9-3-7-14-8-4-9/h9H,2-4,6-8H2,1H3. The molecule has 1 fully saturated rings. The Morgan fingerprint density at radius 3 is 2.60 bits per heavy atom. The minimum Gasteiger partial charge on any atom is -0.381 e. The molecule has 0 spiro atoms. The largest absolute Gasteiger partial charge is 0.381 e. The molecule has 0 aromatic rings. The topological polar surface area (TPSA) is 70.4 Å². The Balaban J connectivity index is 2.60. The molecule has 0 bridgehead atoms. The molecule has 0 aromatic heterocycles. The Bertz CT molecular complexity index is 328. The zero-order chi connectivity index (χ0) is 11.3. The van der Waals surface area contributed by atoms with Crippen LogP contribution in [0.3, 0.4) is 0 Å². The normalized spacial score (nSPS) is 19.0. The van der Waals surface area contributed by atoms with Crippen molar-refractivity contribution >= 4 is 10.0 Å². The minimum absolute atomic E-state index is 0.235. The quantitative estimate of drug-likeness (QED) is 0.701. The van der Waals surface area contributed by atoms with Crippen LogP contribution < -0.4 is 0 Å². The average Bonchev–Trinajstić information content (AvgIpc) is 2.27. The molecule has 1 heterocycles. The van der Waals surface area contributed by atoms with E-state index in [1.807, 2.05) is 6.07 Å². The Labute approximate surface area is 90.7 Å². The number of nitrogens with zero attached hydrogens (tertiary/aromatic N) is 2. The molecule has 0 N–H and O–H groups in total. The maximum absolute atomic E-state index is 12.0. The highest BCUT2D eigenvalue weighted by molar-refractivity contribution is 7.89. The van der Waals surface area contributed by atoms with Gasteiger partial charge in [-0.2, -0.15) is 5.26 Å². The summed E-state index contributed by atoms with van der Waals surface area (Å²) in [5, 5.41) is 8.06. The Kier molecular flexibility index (Phi) is 4.51. The number of sulfonamides is 1. The lowest BCUT2D eigenvalue weighted by Crippen LogP contribution is -2.39. The Morgan fingerprint density at radius 2 is 2.07 bits per heavy atom. The van der Waals surface area contributed by atoms with Crippen LogP contribution in [0.4, 0.5) is 0 Å². The molecule has 0 radical (unpaired) electrons. The predicted octanol–water partition coefficient (Wildman–Crippen LogP) is 0.341. The summed E-state index contributed by atoms with van der Waals surface area (Å²) in [6.07, 6.45) is 1.34. The second-order valence-electron chi connectivity index (χ2n) is 3.59. The highest BCUT2D eigenvalue weighted by atomic mass is 32.2. The number of ether oxygens (including phenoxy) is 1. The van der Waals surface area contributed by atoms with Crippen LogP contribution in [0.2, 0.25) is 0 Å². The fourth-order valence-electron chi connectivity index (χ4n) is 1.56. The highest BCUT2D eigenvalue weighted by Crippen LogP contribution is 2.18. The van der Waals surface area contributed by atoms with Gasteiger partial charge in [-0.25, -0.2) is 12.7 Å². The summed E-state index contributed by atoms with van der Waals surface area (Å²) < 4.78 is 30.3. The number of hydrogen-bond donors (Lipinski definition) is 0. The Morgan fingerprint density at radius 1 is 1.47 bits per heavy atom. The van der Waals surface area contributed by atoms with Crippen LogP contribution in [0.1, 0.15) is 19.3 Å². The summed E-state index contributed by atoms with van der Waals surface area (Å²) in [4.78, 5) is 0. The smallest absolute Gasteiger partial charge is 0.216 e. The second-order valence-corrected chi connectivity index (χ2v) is 5.91. The lowest BCUT2D eigenvalue weighted by molar-refractivity contribution is 0.0974. The van der Waals surface area contributed by atoms with E-state index in [1.54, 1.807) is 0 Å². The van der Waals surface area contributed by atoms with Crippen LogP contribution in [0.25, 0.3) is 0 Å². The van der Waals surface area contributed by atoms with Gasteiger partial charge in [-0.05, 0) is 12.8 Å². The molecule has 0 saturated carbocycles. The van der Waals surface area contributed by atoms with Crippen LogP contribution in [0.5, 0.6) is 0 Å². The first-order valence-electron chi connectivity index (χ1n) is 4.99. The monoisotopic (exact) mass is 232 g/mol. The van der Waals surface area contributed by atoms with E-state index in [-0.39, 0.29) is 18.2 Å². The minimum atomic E-state index is -3.23. The van der Waals surface area contributed by atoms with Crippen molar-refractivity contribution in [1.82, 2.24) is 4.31 Å². The van der Waals surface area contributed by atoms with E-state index in [2.05, 4.69) is 0 Å². The fourth-order valence-corrected chi connectivity index (χ4v) is 3.21. The van der Waals surface area contributed by atoms with Crippen LogP contribution >= 0.6 is 0 Å².